The Kier molecular flexibility index (Phi) is 5.49. The lowest BCUT2D eigenvalue weighted by molar-refractivity contribution is -0.140. The highest BCUT2D eigenvalue weighted by molar-refractivity contribution is 5.72. The second-order valence-electron chi connectivity index (χ2n) is 6.02. The zero-order valence-electron chi connectivity index (χ0n) is 15.7. The van der Waals surface area contributed by atoms with E-state index in [2.05, 4.69) is 4.98 Å². The van der Waals surface area contributed by atoms with Gasteiger partial charge in [-0.05, 0) is 18.2 Å². The van der Waals surface area contributed by atoms with Gasteiger partial charge in [-0.15, -0.1) is 0 Å². The lowest BCUT2D eigenvalue weighted by Crippen LogP contribution is -2.24. The smallest absolute Gasteiger partial charge is 0.306 e. The molecular formula is C20H20N2O6. The number of carbonyl (C=O) groups is 1. The van der Waals surface area contributed by atoms with Crippen molar-refractivity contribution in [1.29, 1.82) is 0 Å². The number of benzene rings is 1. The van der Waals surface area contributed by atoms with Gasteiger partial charge in [-0.25, -0.2) is 0 Å². The molecule has 0 saturated carbocycles. The van der Waals surface area contributed by atoms with Gasteiger partial charge >= 0.3 is 5.97 Å². The molecule has 28 heavy (non-hydrogen) atoms. The van der Waals surface area contributed by atoms with Crippen molar-refractivity contribution in [2.24, 2.45) is 0 Å². The normalized spacial score (nSPS) is 11.8. The third-order valence-corrected chi connectivity index (χ3v) is 4.51. The molecule has 8 heteroatoms. The van der Waals surface area contributed by atoms with Crippen LogP contribution in [0.5, 0.6) is 17.4 Å². The van der Waals surface area contributed by atoms with Gasteiger partial charge < -0.3 is 19.3 Å². The first-order valence-electron chi connectivity index (χ1n) is 8.49. The van der Waals surface area contributed by atoms with E-state index in [0.717, 1.165) is 0 Å². The van der Waals surface area contributed by atoms with E-state index in [4.69, 9.17) is 14.2 Å². The van der Waals surface area contributed by atoms with E-state index >= 15 is 0 Å². The van der Waals surface area contributed by atoms with Crippen molar-refractivity contribution in [3.63, 3.8) is 0 Å². The van der Waals surface area contributed by atoms with E-state index in [0.29, 0.717) is 22.7 Å². The molecule has 0 amide bonds. The molecule has 0 spiro atoms. The second-order valence-corrected chi connectivity index (χ2v) is 6.02. The fourth-order valence-corrected chi connectivity index (χ4v) is 3.12. The van der Waals surface area contributed by atoms with Gasteiger partial charge in [0.1, 0.15) is 17.1 Å². The van der Waals surface area contributed by atoms with Crippen LogP contribution in [0.1, 0.15) is 23.5 Å². The van der Waals surface area contributed by atoms with Crippen molar-refractivity contribution >= 4 is 11.6 Å². The average molecular weight is 384 g/mol. The number of pyridine rings is 1. The number of rotatable bonds is 6. The number of ether oxygens (including phenoxy) is 3. The molecule has 0 fully saturated rings. The molecule has 1 N–H and O–H groups in total. The minimum absolute atomic E-state index is 0.0161. The summed E-state index contributed by atoms with van der Waals surface area (Å²) in [5.41, 5.74) is 0.332. The fourth-order valence-electron chi connectivity index (χ4n) is 3.12. The number of aromatic nitrogens is 2. The lowest BCUT2D eigenvalue weighted by atomic mass is 9.88. The predicted octanol–water partition coefficient (Wildman–Crippen LogP) is 2.11. The molecule has 0 aliphatic rings. The maximum atomic E-state index is 13.1. The Morgan fingerprint density at radius 1 is 1.18 bits per heavy atom. The van der Waals surface area contributed by atoms with E-state index < -0.39 is 23.3 Å². The van der Waals surface area contributed by atoms with Gasteiger partial charge in [0.05, 0.1) is 33.3 Å². The van der Waals surface area contributed by atoms with Gasteiger partial charge in [-0.2, -0.15) is 4.98 Å². The van der Waals surface area contributed by atoms with E-state index in [9.17, 15) is 14.7 Å². The summed E-state index contributed by atoms with van der Waals surface area (Å²) in [6.07, 6.45) is 1.37. The number of carbonyl (C=O) groups excluding carboxylic acids is 1. The second kappa shape index (κ2) is 7.99. The topological polar surface area (TPSA) is 99.4 Å². The van der Waals surface area contributed by atoms with Crippen LogP contribution in [0.2, 0.25) is 0 Å². The van der Waals surface area contributed by atoms with E-state index in [1.807, 2.05) is 0 Å². The lowest BCUT2D eigenvalue weighted by Gasteiger charge is -2.20. The molecule has 0 aliphatic carbocycles. The van der Waals surface area contributed by atoms with Gasteiger partial charge in [0, 0.05) is 23.7 Å². The first-order valence-corrected chi connectivity index (χ1v) is 8.49. The van der Waals surface area contributed by atoms with Gasteiger partial charge in [0.2, 0.25) is 5.88 Å². The van der Waals surface area contributed by atoms with Crippen LogP contribution in [-0.4, -0.2) is 41.8 Å². The number of fused-ring (bicyclic) bond motifs is 1. The van der Waals surface area contributed by atoms with Crippen LogP contribution in [-0.2, 0) is 9.53 Å². The summed E-state index contributed by atoms with van der Waals surface area (Å²) in [5, 5.41) is 10.5. The van der Waals surface area contributed by atoms with Crippen molar-refractivity contribution in [2.75, 3.05) is 21.3 Å². The molecule has 0 bridgehead atoms. The van der Waals surface area contributed by atoms with Crippen molar-refractivity contribution in [3.05, 3.63) is 64.1 Å². The third kappa shape index (κ3) is 3.48. The SMILES string of the molecule is COC(=O)CC(c1ccc(OC)cc1OC)c1c(O)nc2ccccn2c1=O. The molecule has 1 aromatic carbocycles. The third-order valence-electron chi connectivity index (χ3n) is 4.51. The first-order chi connectivity index (χ1) is 13.5. The quantitative estimate of drug-likeness (QED) is 0.650. The molecule has 0 aliphatic heterocycles. The Morgan fingerprint density at radius 2 is 1.96 bits per heavy atom. The van der Waals surface area contributed by atoms with Crippen LogP contribution in [0, 0.1) is 0 Å². The molecule has 0 saturated heterocycles. The number of methoxy groups -OCH3 is 3. The Hall–Kier alpha value is -3.55. The summed E-state index contributed by atoms with van der Waals surface area (Å²) < 4.78 is 16.7. The average Bonchev–Trinajstić information content (AvgIpc) is 2.72. The highest BCUT2D eigenvalue weighted by Gasteiger charge is 2.29. The molecule has 1 atom stereocenters. The Bertz CT molecular complexity index is 1080. The van der Waals surface area contributed by atoms with Crippen molar-refractivity contribution in [1.82, 2.24) is 9.38 Å². The van der Waals surface area contributed by atoms with Gasteiger partial charge in [0.15, 0.2) is 0 Å². The molecule has 2 heterocycles. The molecule has 1 unspecified atom stereocenters. The first kappa shape index (κ1) is 19.2. The minimum Gasteiger partial charge on any atom is -0.497 e. The zero-order chi connectivity index (χ0) is 20.3. The Morgan fingerprint density at radius 3 is 2.64 bits per heavy atom. The largest absolute Gasteiger partial charge is 0.497 e. The molecule has 8 nitrogen and oxygen atoms in total. The maximum Gasteiger partial charge on any atom is 0.306 e. The summed E-state index contributed by atoms with van der Waals surface area (Å²) in [6, 6.07) is 10.0. The van der Waals surface area contributed by atoms with Gasteiger partial charge in [-0.1, -0.05) is 12.1 Å². The summed E-state index contributed by atoms with van der Waals surface area (Å²) in [6.45, 7) is 0. The molecule has 0 radical (unpaired) electrons. The van der Waals surface area contributed by atoms with Crippen LogP contribution < -0.4 is 15.0 Å². The molecule has 3 rings (SSSR count). The molecule has 2 aromatic heterocycles. The van der Waals surface area contributed by atoms with Crippen molar-refractivity contribution in [2.45, 2.75) is 12.3 Å². The Balaban J connectivity index is 2.27. The maximum absolute atomic E-state index is 13.1. The number of hydrogen-bond donors (Lipinski definition) is 1. The van der Waals surface area contributed by atoms with Crippen LogP contribution in [0.15, 0.2) is 47.4 Å². The number of nitrogens with zero attached hydrogens (tertiary/aromatic N) is 2. The summed E-state index contributed by atoms with van der Waals surface area (Å²) in [4.78, 5) is 29.3. The minimum atomic E-state index is -0.828. The Labute approximate surface area is 160 Å². The van der Waals surface area contributed by atoms with Crippen LogP contribution in [0.25, 0.3) is 5.65 Å². The number of hydrogen-bond acceptors (Lipinski definition) is 7. The summed E-state index contributed by atoms with van der Waals surface area (Å²) >= 11 is 0. The van der Waals surface area contributed by atoms with E-state index in [1.165, 1.54) is 25.7 Å². The van der Waals surface area contributed by atoms with E-state index in [1.54, 1.807) is 42.6 Å². The molecule has 3 aromatic rings. The monoisotopic (exact) mass is 384 g/mol. The molecular weight excluding hydrogens is 364 g/mol. The fraction of sp³-hybridized carbons (Fsp3) is 0.250. The summed E-state index contributed by atoms with van der Waals surface area (Å²) in [5.74, 6) is -0.853. The standard InChI is InChI=1S/C20H20N2O6/c1-26-12-7-8-13(15(10-12)27-2)14(11-17(23)28-3)18-19(24)21-16-6-4-5-9-22(16)20(18)25/h4-10,14,24H,11H2,1-3H3. The van der Waals surface area contributed by atoms with Crippen molar-refractivity contribution in [3.8, 4) is 17.4 Å². The zero-order valence-corrected chi connectivity index (χ0v) is 15.7. The highest BCUT2D eigenvalue weighted by atomic mass is 16.5. The summed E-state index contributed by atoms with van der Waals surface area (Å²) in [7, 11) is 4.25. The van der Waals surface area contributed by atoms with Gasteiger partial charge in [0.25, 0.3) is 5.56 Å². The van der Waals surface area contributed by atoms with E-state index in [-0.39, 0.29) is 12.0 Å². The predicted molar refractivity (Wildman–Crippen MR) is 101 cm³/mol. The van der Waals surface area contributed by atoms with Gasteiger partial charge in [-0.3, -0.25) is 14.0 Å². The molecule has 146 valence electrons. The van der Waals surface area contributed by atoms with Crippen LogP contribution >= 0.6 is 0 Å². The highest BCUT2D eigenvalue weighted by Crippen LogP contribution is 2.38. The van der Waals surface area contributed by atoms with Crippen LogP contribution in [0.3, 0.4) is 0 Å². The van der Waals surface area contributed by atoms with Crippen molar-refractivity contribution < 1.29 is 24.1 Å². The number of esters is 1. The van der Waals surface area contributed by atoms with Crippen LogP contribution in [0.4, 0.5) is 0 Å². The number of aromatic hydroxyl groups is 1.